The van der Waals surface area contributed by atoms with Crippen LogP contribution in [0.3, 0.4) is 0 Å². The molecule has 0 atom stereocenters. The Balaban J connectivity index is 0.000000399. The molecule has 2 aromatic heterocycles. The molecule has 3 aromatic rings. The van der Waals surface area contributed by atoms with E-state index in [0.29, 0.717) is 0 Å². The summed E-state index contributed by atoms with van der Waals surface area (Å²) in [6.07, 6.45) is 7.15. The van der Waals surface area contributed by atoms with Gasteiger partial charge < -0.3 is 17.2 Å². The van der Waals surface area contributed by atoms with Gasteiger partial charge >= 0.3 is 73.4 Å². The number of rotatable bonds is 3. The first-order valence-corrected chi connectivity index (χ1v) is 13.9. The van der Waals surface area contributed by atoms with Crippen molar-refractivity contribution < 1.29 is 13.5 Å². The minimum atomic E-state index is -1.61. The summed E-state index contributed by atoms with van der Waals surface area (Å²) in [6, 6.07) is 17.8. The fourth-order valence-electron chi connectivity index (χ4n) is 1.89. The topological polar surface area (TPSA) is 32.3 Å². The molecule has 0 radical (unpaired) electrons. The number of anilines is 2. The average Bonchev–Trinajstić information content (AvgIpc) is 2.70. The van der Waals surface area contributed by atoms with Crippen molar-refractivity contribution in [1.82, 2.24) is 9.97 Å². The van der Waals surface area contributed by atoms with Crippen molar-refractivity contribution in [1.29, 1.82) is 0 Å². The van der Waals surface area contributed by atoms with Crippen molar-refractivity contribution in [3.63, 3.8) is 0 Å². The summed E-state index contributed by atoms with van der Waals surface area (Å²) in [5.41, 5.74) is 3.49. The van der Waals surface area contributed by atoms with Crippen LogP contribution in [-0.2, 0) is 13.5 Å². The van der Waals surface area contributed by atoms with E-state index in [4.69, 9.17) is 19.4 Å². The molecule has 3 rings (SSSR count). The van der Waals surface area contributed by atoms with Crippen molar-refractivity contribution in [2.45, 2.75) is 0 Å². The van der Waals surface area contributed by atoms with Gasteiger partial charge in [0.15, 0.2) is 0 Å². The van der Waals surface area contributed by atoms with Gasteiger partial charge in [0, 0.05) is 64.4 Å². The van der Waals surface area contributed by atoms with E-state index in [1.165, 1.54) is 11.4 Å². The van der Waals surface area contributed by atoms with Crippen LogP contribution in [0.15, 0.2) is 79.4 Å². The third-order valence-corrected chi connectivity index (χ3v) is 5.22. The Morgan fingerprint density at radius 1 is 0.690 bits per heavy atom. The molecule has 0 aliphatic heterocycles. The number of nitrogens with zero attached hydrogens (tertiary/aromatic N) is 4. The molecule has 0 fully saturated rings. The van der Waals surface area contributed by atoms with Gasteiger partial charge in [0.2, 0.25) is 0 Å². The molecule has 0 bridgehead atoms. The first kappa shape index (κ1) is 27.2. The quantitative estimate of drug-likeness (QED) is 0.336. The Hall–Kier alpha value is -1.81. The first-order valence-electron chi connectivity index (χ1n) is 8.43. The molecule has 0 aliphatic carbocycles. The van der Waals surface area contributed by atoms with E-state index >= 15 is 0 Å². The normalized spacial score (nSPS) is 9.38. The van der Waals surface area contributed by atoms with Gasteiger partial charge in [-0.3, -0.25) is 9.97 Å². The van der Waals surface area contributed by atoms with Crippen molar-refractivity contribution >= 4 is 35.4 Å². The van der Waals surface area contributed by atoms with Gasteiger partial charge in [-0.1, -0.05) is 0 Å². The van der Waals surface area contributed by atoms with Crippen LogP contribution in [0.5, 0.6) is 0 Å². The molecule has 1 aromatic carbocycles. The Morgan fingerprint density at radius 3 is 1.34 bits per heavy atom. The maximum atomic E-state index is 5.67. The van der Waals surface area contributed by atoms with E-state index in [1.54, 1.807) is 24.8 Å². The molecular weight excluding hydrogens is 492 g/mol. The zero-order valence-corrected chi connectivity index (χ0v) is 20.7. The third kappa shape index (κ3) is 13.1. The summed E-state index contributed by atoms with van der Waals surface area (Å²) in [5.74, 6) is 0. The van der Waals surface area contributed by atoms with E-state index in [2.05, 4.69) is 9.97 Å². The van der Waals surface area contributed by atoms with Gasteiger partial charge in [0.1, 0.15) is 0 Å². The van der Waals surface area contributed by atoms with E-state index in [-0.39, 0.29) is 7.43 Å². The van der Waals surface area contributed by atoms with Gasteiger partial charge in [-0.2, -0.15) is 0 Å². The Kier molecular flexibility index (Phi) is 15.0. The van der Waals surface area contributed by atoms with Crippen LogP contribution >= 0.6 is 19.4 Å². The molecule has 0 saturated heterocycles. The van der Waals surface area contributed by atoms with E-state index in [0.717, 1.165) is 5.56 Å². The fourth-order valence-corrected chi connectivity index (χ4v) is 3.72. The third-order valence-electron chi connectivity index (χ3n) is 3.35. The SMILES string of the molecule is CN(C)c1ccncc1.CN(C)c1ccncc1.[CH3-].[Cl][Ru]([Cl])=[CH]c1ccccc1. The maximum absolute atomic E-state index is 5.67. The molecule has 4 nitrogen and oxygen atoms in total. The Labute approximate surface area is 188 Å². The van der Waals surface area contributed by atoms with E-state index in [1.807, 2.05) is 97.2 Å². The average molecular weight is 521 g/mol. The molecule has 0 unspecified atom stereocenters. The summed E-state index contributed by atoms with van der Waals surface area (Å²) in [6.45, 7) is 0. The summed E-state index contributed by atoms with van der Waals surface area (Å²) < 4.78 is 1.92. The fraction of sp³-hybridized carbons (Fsp3) is 0.182. The van der Waals surface area contributed by atoms with Crippen molar-refractivity contribution in [3.8, 4) is 0 Å². The number of halogens is 2. The summed E-state index contributed by atoms with van der Waals surface area (Å²) in [4.78, 5) is 11.9. The van der Waals surface area contributed by atoms with Crippen LogP contribution in [0.2, 0.25) is 0 Å². The number of pyridine rings is 2. The second kappa shape index (κ2) is 16.0. The van der Waals surface area contributed by atoms with Gasteiger partial charge in [0.25, 0.3) is 0 Å². The molecule has 0 spiro atoms. The van der Waals surface area contributed by atoms with E-state index in [9.17, 15) is 0 Å². The predicted octanol–water partition coefficient (Wildman–Crippen LogP) is 5.51. The zero-order valence-electron chi connectivity index (χ0n) is 17.5. The predicted molar refractivity (Wildman–Crippen MR) is 127 cm³/mol. The van der Waals surface area contributed by atoms with Crippen LogP contribution < -0.4 is 9.80 Å². The molecule has 0 saturated carbocycles. The number of hydrogen-bond donors (Lipinski definition) is 0. The van der Waals surface area contributed by atoms with Crippen LogP contribution in [0.4, 0.5) is 11.4 Å². The minimum absolute atomic E-state index is 0. The van der Waals surface area contributed by atoms with Crippen LogP contribution in [0.1, 0.15) is 5.56 Å². The summed E-state index contributed by atoms with van der Waals surface area (Å²) in [7, 11) is 19.4. The number of aromatic nitrogens is 2. The summed E-state index contributed by atoms with van der Waals surface area (Å²) >= 11 is -1.61. The molecule has 0 N–H and O–H groups in total. The molecule has 2 heterocycles. The van der Waals surface area contributed by atoms with Crippen LogP contribution in [0.25, 0.3) is 0 Å². The van der Waals surface area contributed by atoms with Crippen molar-refractivity contribution in [2.75, 3.05) is 38.0 Å². The molecule has 7 heteroatoms. The number of benzene rings is 1. The molecule has 0 amide bonds. The second-order valence-electron chi connectivity index (χ2n) is 5.92. The van der Waals surface area contributed by atoms with Crippen LogP contribution in [0, 0.1) is 7.43 Å². The Bertz CT molecular complexity index is 751. The number of hydrogen-bond acceptors (Lipinski definition) is 4. The second-order valence-corrected chi connectivity index (χ2v) is 11.6. The molecule has 160 valence electrons. The van der Waals surface area contributed by atoms with Crippen molar-refractivity contribution in [3.05, 3.63) is 92.4 Å². The molecular formula is C22H29Cl2N4Ru-. The van der Waals surface area contributed by atoms with E-state index < -0.39 is 13.5 Å². The van der Waals surface area contributed by atoms with Crippen molar-refractivity contribution in [2.24, 2.45) is 0 Å². The van der Waals surface area contributed by atoms with Gasteiger partial charge in [-0.15, -0.1) is 0 Å². The molecule has 29 heavy (non-hydrogen) atoms. The van der Waals surface area contributed by atoms with Crippen LogP contribution in [-0.4, -0.2) is 42.8 Å². The van der Waals surface area contributed by atoms with Gasteiger partial charge in [-0.05, 0) is 24.3 Å². The van der Waals surface area contributed by atoms with Gasteiger partial charge in [-0.25, -0.2) is 0 Å². The Morgan fingerprint density at radius 2 is 1.07 bits per heavy atom. The molecule has 0 aliphatic rings. The monoisotopic (exact) mass is 521 g/mol. The van der Waals surface area contributed by atoms with Gasteiger partial charge in [0.05, 0.1) is 0 Å². The first-order chi connectivity index (χ1) is 13.4. The standard InChI is InChI=1S/2C7H10N2.C7H6.CH3.2ClH.Ru/c2*1-9(2)7-3-5-8-6-4-7;1-7-5-3-2-4-6-7;;;;/h2*3-6H,1-2H3;1-6H;1H3;2*1H;/q;;;-1;;;+2/p-2. The summed E-state index contributed by atoms with van der Waals surface area (Å²) in [5, 5.41) is 0. The zero-order chi connectivity index (χ0) is 20.8.